The predicted molar refractivity (Wildman–Crippen MR) is 158 cm³/mol. The highest BCUT2D eigenvalue weighted by Crippen LogP contribution is 2.25. The summed E-state index contributed by atoms with van der Waals surface area (Å²) in [6, 6.07) is 11.0. The fourth-order valence-corrected chi connectivity index (χ4v) is 3.78. The Labute approximate surface area is 237 Å². The number of nitrogens with one attached hydrogen (secondary N) is 3. The number of anilines is 2. The van der Waals surface area contributed by atoms with Crippen LogP contribution >= 0.6 is 0 Å². The van der Waals surface area contributed by atoms with Gasteiger partial charge >= 0.3 is 12.1 Å². The van der Waals surface area contributed by atoms with Gasteiger partial charge in [0, 0.05) is 35.5 Å². The molecule has 40 heavy (non-hydrogen) atoms. The minimum absolute atomic E-state index is 0.0290. The van der Waals surface area contributed by atoms with Crippen LogP contribution in [0.1, 0.15) is 69.2 Å². The Bertz CT molecular complexity index is 1280. The highest BCUT2D eigenvalue weighted by Gasteiger charge is 2.20. The van der Waals surface area contributed by atoms with Crippen molar-refractivity contribution < 1.29 is 23.9 Å². The van der Waals surface area contributed by atoms with Gasteiger partial charge in [-0.15, -0.1) is 0 Å². The van der Waals surface area contributed by atoms with Crippen molar-refractivity contribution in [2.75, 3.05) is 30.4 Å². The second-order valence-electron chi connectivity index (χ2n) is 10.3. The average Bonchev–Trinajstić information content (AvgIpc) is 2.88. The largest absolute Gasteiger partial charge is 0.469 e. The molecule has 0 saturated carbocycles. The van der Waals surface area contributed by atoms with Crippen LogP contribution < -0.4 is 15.5 Å². The Morgan fingerprint density at radius 3 is 2.30 bits per heavy atom. The summed E-state index contributed by atoms with van der Waals surface area (Å²) in [5.74, 6) is 5.88. The van der Waals surface area contributed by atoms with E-state index in [1.54, 1.807) is 37.8 Å². The number of aryl methyl sites for hydroxylation is 2. The van der Waals surface area contributed by atoms with Crippen LogP contribution in [-0.2, 0) is 19.1 Å². The molecule has 0 unspecified atom stereocenters. The lowest BCUT2D eigenvalue weighted by atomic mass is 10.0. The zero-order valence-electron chi connectivity index (χ0n) is 24.5. The quantitative estimate of drug-likeness (QED) is 0.169. The van der Waals surface area contributed by atoms with E-state index in [2.05, 4.69) is 22.5 Å². The van der Waals surface area contributed by atoms with Gasteiger partial charge in [0.25, 0.3) is 0 Å². The van der Waals surface area contributed by atoms with Gasteiger partial charge in [-0.3, -0.25) is 20.3 Å². The van der Waals surface area contributed by atoms with Crippen LogP contribution in [-0.4, -0.2) is 49.6 Å². The number of carbonyl (C=O) groups excluding carboxylic acids is 3. The van der Waals surface area contributed by atoms with Gasteiger partial charge < -0.3 is 19.7 Å². The highest BCUT2D eigenvalue weighted by atomic mass is 16.6. The summed E-state index contributed by atoms with van der Waals surface area (Å²) in [6.07, 6.45) is 0.570. The fraction of sp³-hybridized carbons (Fsp3) is 0.419. The number of carbonyl (C=O) groups is 3. The first-order valence-corrected chi connectivity index (χ1v) is 13.2. The van der Waals surface area contributed by atoms with Gasteiger partial charge in [-0.25, -0.2) is 4.79 Å². The van der Waals surface area contributed by atoms with Crippen molar-refractivity contribution in [3.8, 4) is 11.8 Å². The van der Waals surface area contributed by atoms with Crippen LogP contribution in [0.25, 0.3) is 0 Å². The number of alkyl carbamates (subject to hydrolysis) is 1. The molecule has 3 N–H and O–H groups in total. The van der Waals surface area contributed by atoms with E-state index in [-0.39, 0.29) is 30.7 Å². The smallest absolute Gasteiger partial charge is 0.413 e. The number of methoxy groups -OCH3 is 1. The topological polar surface area (TPSA) is 121 Å². The molecule has 0 heterocycles. The van der Waals surface area contributed by atoms with Gasteiger partial charge in [0.1, 0.15) is 11.4 Å². The number of ether oxygens (including phenoxy) is 2. The van der Waals surface area contributed by atoms with Crippen molar-refractivity contribution in [1.29, 1.82) is 5.41 Å². The molecule has 0 atom stereocenters. The molecule has 9 nitrogen and oxygen atoms in total. The molecule has 214 valence electrons. The minimum Gasteiger partial charge on any atom is -0.469 e. The zero-order valence-corrected chi connectivity index (χ0v) is 24.5. The van der Waals surface area contributed by atoms with Gasteiger partial charge in [-0.05, 0) is 88.6 Å². The molecule has 0 saturated heterocycles. The van der Waals surface area contributed by atoms with Crippen molar-refractivity contribution in [3.05, 3.63) is 58.7 Å². The van der Waals surface area contributed by atoms with Crippen LogP contribution in [0.2, 0.25) is 0 Å². The number of hydrogen-bond acceptors (Lipinski definition) is 7. The highest BCUT2D eigenvalue weighted by molar-refractivity contribution is 6.04. The van der Waals surface area contributed by atoms with Crippen molar-refractivity contribution in [1.82, 2.24) is 5.32 Å². The molecular weight excluding hydrogens is 508 g/mol. The van der Waals surface area contributed by atoms with E-state index < -0.39 is 11.7 Å². The van der Waals surface area contributed by atoms with E-state index in [4.69, 9.17) is 14.9 Å². The maximum absolute atomic E-state index is 12.8. The number of nitrogens with zero attached hydrogens (tertiary/aromatic N) is 1. The lowest BCUT2D eigenvalue weighted by molar-refractivity contribution is -0.140. The summed E-state index contributed by atoms with van der Waals surface area (Å²) in [7, 11) is 1.34. The van der Waals surface area contributed by atoms with Crippen LogP contribution in [0.15, 0.2) is 36.4 Å². The van der Waals surface area contributed by atoms with Crippen LogP contribution in [0, 0.1) is 31.1 Å². The Hall–Kier alpha value is -4.32. The third-order valence-electron chi connectivity index (χ3n) is 5.77. The molecule has 2 aromatic rings. The first kappa shape index (κ1) is 31.9. The molecule has 0 aromatic heterocycles. The number of amides is 2. The van der Waals surface area contributed by atoms with Crippen molar-refractivity contribution >= 4 is 35.2 Å². The molecule has 0 radical (unpaired) electrons. The summed E-state index contributed by atoms with van der Waals surface area (Å²) in [6.45, 7) is 11.8. The molecule has 0 aliphatic carbocycles. The molecule has 9 heteroatoms. The number of rotatable bonds is 9. The number of amidine groups is 1. The lowest BCUT2D eigenvalue weighted by Gasteiger charge is -2.25. The molecule has 0 bridgehead atoms. The molecule has 0 aliphatic heterocycles. The number of benzene rings is 2. The second kappa shape index (κ2) is 14.7. The SMILES string of the molecule is CCCC(=O)N(CCC(=O)OC)c1cc(C)c(C#CCNc2ccc(C(=N)NC(=O)OC(C)(C)C)cc2)cc1C. The van der Waals surface area contributed by atoms with E-state index in [9.17, 15) is 14.4 Å². The molecule has 0 fully saturated rings. The second-order valence-corrected chi connectivity index (χ2v) is 10.3. The maximum atomic E-state index is 12.8. The standard InChI is InChI=1S/C31H40N4O5/c1-8-10-27(36)35(18-16-28(37)39-7)26-20-21(2)24(19-22(26)3)11-9-17-33-25-14-12-23(13-15-25)29(32)34-30(38)40-31(4,5)6/h12-15,19-20,33H,8,10,16-18H2,1-7H3,(H2,32,34,38). The number of hydrogen-bond donors (Lipinski definition) is 3. The monoisotopic (exact) mass is 548 g/mol. The summed E-state index contributed by atoms with van der Waals surface area (Å²) in [4.78, 5) is 38.0. The Balaban J connectivity index is 2.05. The van der Waals surface area contributed by atoms with Crippen molar-refractivity contribution in [2.24, 2.45) is 0 Å². The predicted octanol–water partition coefficient (Wildman–Crippen LogP) is 5.31. The van der Waals surface area contributed by atoms with Gasteiger partial charge in [0.05, 0.1) is 20.1 Å². The van der Waals surface area contributed by atoms with Crippen LogP contribution in [0.4, 0.5) is 16.2 Å². The van der Waals surface area contributed by atoms with E-state index in [1.165, 1.54) is 7.11 Å². The molecule has 2 aromatic carbocycles. The molecule has 2 amide bonds. The fourth-order valence-electron chi connectivity index (χ4n) is 3.78. The Kier molecular flexibility index (Phi) is 11.7. The van der Waals surface area contributed by atoms with Gasteiger partial charge in [0.15, 0.2) is 0 Å². The summed E-state index contributed by atoms with van der Waals surface area (Å²) >= 11 is 0. The van der Waals surface area contributed by atoms with E-state index in [1.807, 2.05) is 45.0 Å². The van der Waals surface area contributed by atoms with Gasteiger partial charge in [0.2, 0.25) is 5.91 Å². The summed E-state index contributed by atoms with van der Waals surface area (Å²) in [5.41, 5.74) is 4.19. The minimum atomic E-state index is -0.671. The average molecular weight is 549 g/mol. The van der Waals surface area contributed by atoms with E-state index in [0.717, 1.165) is 34.5 Å². The Morgan fingerprint density at radius 1 is 1.02 bits per heavy atom. The molecular formula is C31H40N4O5. The third kappa shape index (κ3) is 10.1. The Morgan fingerprint density at radius 2 is 1.70 bits per heavy atom. The van der Waals surface area contributed by atoms with Crippen molar-refractivity contribution in [3.63, 3.8) is 0 Å². The van der Waals surface area contributed by atoms with E-state index >= 15 is 0 Å². The summed E-state index contributed by atoms with van der Waals surface area (Å²) < 4.78 is 9.93. The normalized spacial score (nSPS) is 10.6. The van der Waals surface area contributed by atoms with E-state index in [0.29, 0.717) is 18.5 Å². The molecule has 0 aliphatic rings. The maximum Gasteiger partial charge on any atom is 0.413 e. The van der Waals surface area contributed by atoms with Gasteiger partial charge in [-0.2, -0.15) is 0 Å². The van der Waals surface area contributed by atoms with Crippen LogP contribution in [0.3, 0.4) is 0 Å². The third-order valence-corrected chi connectivity index (χ3v) is 5.77. The first-order valence-electron chi connectivity index (χ1n) is 13.2. The molecule has 2 rings (SSSR count). The lowest BCUT2D eigenvalue weighted by Crippen LogP contribution is -2.36. The van der Waals surface area contributed by atoms with Crippen molar-refractivity contribution in [2.45, 2.75) is 66.4 Å². The first-order chi connectivity index (χ1) is 18.8. The van der Waals surface area contributed by atoms with Crippen LogP contribution in [0.5, 0.6) is 0 Å². The van der Waals surface area contributed by atoms with Gasteiger partial charge in [-0.1, -0.05) is 18.8 Å². The number of esters is 1. The zero-order chi connectivity index (χ0) is 29.9. The summed E-state index contributed by atoms with van der Waals surface area (Å²) in [5, 5.41) is 13.7. The molecule has 0 spiro atoms.